The van der Waals surface area contributed by atoms with Crippen molar-refractivity contribution in [2.45, 2.75) is 18.7 Å². The molecule has 0 aliphatic carbocycles. The first kappa shape index (κ1) is 14.5. The molecule has 0 aliphatic rings. The maximum atomic E-state index is 12.0. The summed E-state index contributed by atoms with van der Waals surface area (Å²) in [7, 11) is -3.67. The molecule has 0 saturated heterocycles. The van der Waals surface area contributed by atoms with E-state index in [1.54, 1.807) is 19.9 Å². The first-order valence-electron chi connectivity index (χ1n) is 4.87. The largest absolute Gasteiger partial charge is 0.242 e. The molecular weight excluding hydrogens is 281 g/mol. The average Bonchev–Trinajstić information content (AvgIpc) is 2.24. The van der Waals surface area contributed by atoms with Crippen LogP contribution >= 0.6 is 23.2 Å². The van der Waals surface area contributed by atoms with Gasteiger partial charge in [-0.3, -0.25) is 0 Å². The van der Waals surface area contributed by atoms with Gasteiger partial charge in [-0.15, -0.1) is 6.58 Å². The van der Waals surface area contributed by atoms with Gasteiger partial charge in [-0.05, 0) is 31.0 Å². The van der Waals surface area contributed by atoms with Crippen LogP contribution in [0.4, 0.5) is 0 Å². The number of rotatable bonds is 4. The predicted molar refractivity (Wildman–Crippen MR) is 71.3 cm³/mol. The fraction of sp³-hybridized carbons (Fsp3) is 0.273. The highest BCUT2D eigenvalue weighted by Crippen LogP contribution is 2.33. The normalized spacial score (nSPS) is 11.5. The van der Waals surface area contributed by atoms with E-state index in [2.05, 4.69) is 11.3 Å². The van der Waals surface area contributed by atoms with E-state index in [-0.39, 0.29) is 16.5 Å². The van der Waals surface area contributed by atoms with Crippen LogP contribution in [-0.4, -0.2) is 15.0 Å². The average molecular weight is 294 g/mol. The standard InChI is InChI=1S/C11H13Cl2NO2S/c1-4-5-14-17(15,16)11-8(3)9(12)6-7(2)10(11)13/h4,6,14H,1,5H2,2-3H3. The predicted octanol–water partition coefficient (Wildman–Crippen LogP) is 3.07. The second kappa shape index (κ2) is 5.40. The summed E-state index contributed by atoms with van der Waals surface area (Å²) >= 11 is 12.0. The monoisotopic (exact) mass is 293 g/mol. The van der Waals surface area contributed by atoms with E-state index in [1.165, 1.54) is 6.08 Å². The summed E-state index contributed by atoms with van der Waals surface area (Å²) in [5.74, 6) is 0. The van der Waals surface area contributed by atoms with Crippen LogP contribution in [0.2, 0.25) is 10.0 Å². The SMILES string of the molecule is C=CCNS(=O)(=O)c1c(C)c(Cl)cc(C)c1Cl. The number of nitrogens with one attached hydrogen (secondary N) is 1. The summed E-state index contributed by atoms with van der Waals surface area (Å²) in [5, 5.41) is 0.578. The van der Waals surface area contributed by atoms with Crippen LogP contribution < -0.4 is 4.72 Å². The number of aryl methyl sites for hydroxylation is 1. The fourth-order valence-corrected chi connectivity index (χ4v) is 3.58. The Balaban J connectivity index is 3.45. The molecule has 6 heteroatoms. The molecule has 0 aromatic heterocycles. The van der Waals surface area contributed by atoms with Crippen molar-refractivity contribution < 1.29 is 8.42 Å². The Morgan fingerprint density at radius 1 is 1.41 bits per heavy atom. The van der Waals surface area contributed by atoms with E-state index in [4.69, 9.17) is 23.2 Å². The highest BCUT2D eigenvalue weighted by Gasteiger charge is 2.22. The summed E-state index contributed by atoms with van der Waals surface area (Å²) in [5.41, 5.74) is 1.07. The van der Waals surface area contributed by atoms with Crippen LogP contribution in [0.15, 0.2) is 23.6 Å². The molecule has 0 unspecified atom stereocenters. The second-order valence-corrected chi connectivity index (χ2v) is 6.07. The molecular formula is C11H13Cl2NO2S. The van der Waals surface area contributed by atoms with Gasteiger partial charge in [0.15, 0.2) is 0 Å². The highest BCUT2D eigenvalue weighted by molar-refractivity contribution is 7.89. The molecule has 0 radical (unpaired) electrons. The number of hydrogen-bond donors (Lipinski definition) is 1. The van der Waals surface area contributed by atoms with Gasteiger partial charge in [-0.2, -0.15) is 0 Å². The molecule has 1 rings (SSSR count). The van der Waals surface area contributed by atoms with E-state index >= 15 is 0 Å². The maximum absolute atomic E-state index is 12.0. The van der Waals surface area contributed by atoms with Crippen LogP contribution in [0.1, 0.15) is 11.1 Å². The van der Waals surface area contributed by atoms with Crippen molar-refractivity contribution >= 4 is 33.2 Å². The Morgan fingerprint density at radius 2 is 2.00 bits per heavy atom. The van der Waals surface area contributed by atoms with Crippen molar-refractivity contribution in [3.63, 3.8) is 0 Å². The molecule has 0 fully saturated rings. The molecule has 0 atom stereocenters. The molecule has 94 valence electrons. The van der Waals surface area contributed by atoms with Gasteiger partial charge in [0.2, 0.25) is 10.0 Å². The van der Waals surface area contributed by atoms with Gasteiger partial charge in [0.1, 0.15) is 4.90 Å². The van der Waals surface area contributed by atoms with Crippen LogP contribution in [0.5, 0.6) is 0 Å². The van der Waals surface area contributed by atoms with Crippen LogP contribution in [0.3, 0.4) is 0 Å². The van der Waals surface area contributed by atoms with Crippen LogP contribution in [-0.2, 0) is 10.0 Å². The number of benzene rings is 1. The first-order chi connectivity index (χ1) is 7.81. The summed E-state index contributed by atoms with van der Waals surface area (Å²) in [6.45, 7) is 6.92. The summed E-state index contributed by atoms with van der Waals surface area (Å²) in [4.78, 5) is 0.0333. The van der Waals surface area contributed by atoms with Gasteiger partial charge >= 0.3 is 0 Å². The smallest absolute Gasteiger partial charge is 0.207 e. The van der Waals surface area contributed by atoms with Gasteiger partial charge in [0, 0.05) is 11.6 Å². The van der Waals surface area contributed by atoms with Crippen LogP contribution in [0, 0.1) is 13.8 Å². The van der Waals surface area contributed by atoms with Crippen molar-refractivity contribution in [2.24, 2.45) is 0 Å². The Bertz CT molecular complexity index is 527. The van der Waals surface area contributed by atoms with E-state index in [1.807, 2.05) is 0 Å². The molecule has 0 amide bonds. The zero-order chi connectivity index (χ0) is 13.2. The third-order valence-electron chi connectivity index (χ3n) is 2.27. The topological polar surface area (TPSA) is 46.2 Å². The molecule has 1 aromatic rings. The number of halogens is 2. The van der Waals surface area contributed by atoms with Crippen molar-refractivity contribution in [1.29, 1.82) is 0 Å². The lowest BCUT2D eigenvalue weighted by molar-refractivity contribution is 0.585. The zero-order valence-corrected chi connectivity index (χ0v) is 11.9. The Hall–Kier alpha value is -0.550. The van der Waals surface area contributed by atoms with Gasteiger partial charge < -0.3 is 0 Å². The van der Waals surface area contributed by atoms with E-state index in [9.17, 15) is 8.42 Å². The van der Waals surface area contributed by atoms with Gasteiger partial charge in [-0.1, -0.05) is 29.3 Å². The van der Waals surface area contributed by atoms with E-state index in [0.717, 1.165) is 0 Å². The number of hydrogen-bond acceptors (Lipinski definition) is 2. The molecule has 17 heavy (non-hydrogen) atoms. The molecule has 0 aliphatic heterocycles. The van der Waals surface area contributed by atoms with Crippen molar-refractivity contribution in [2.75, 3.05) is 6.54 Å². The fourth-order valence-electron chi connectivity index (χ4n) is 1.37. The Morgan fingerprint density at radius 3 is 2.53 bits per heavy atom. The van der Waals surface area contributed by atoms with Gasteiger partial charge in [0.05, 0.1) is 5.02 Å². The van der Waals surface area contributed by atoms with Crippen molar-refractivity contribution in [1.82, 2.24) is 4.72 Å². The molecule has 0 heterocycles. The Kier molecular flexibility index (Phi) is 4.61. The van der Waals surface area contributed by atoms with Crippen molar-refractivity contribution in [3.8, 4) is 0 Å². The molecule has 1 N–H and O–H groups in total. The summed E-state index contributed by atoms with van der Waals surface area (Å²) < 4.78 is 26.4. The van der Waals surface area contributed by atoms with E-state index in [0.29, 0.717) is 16.1 Å². The van der Waals surface area contributed by atoms with Gasteiger partial charge in [0.25, 0.3) is 0 Å². The lowest BCUT2D eigenvalue weighted by Crippen LogP contribution is -2.25. The molecule has 3 nitrogen and oxygen atoms in total. The second-order valence-electron chi connectivity index (χ2n) is 3.58. The summed E-state index contributed by atoms with van der Waals surface area (Å²) in [6, 6.07) is 1.64. The first-order valence-corrected chi connectivity index (χ1v) is 7.11. The minimum Gasteiger partial charge on any atom is -0.207 e. The molecule has 0 bridgehead atoms. The molecule has 1 aromatic carbocycles. The van der Waals surface area contributed by atoms with Crippen molar-refractivity contribution in [3.05, 3.63) is 39.9 Å². The lowest BCUT2D eigenvalue weighted by Gasteiger charge is -2.13. The third kappa shape index (κ3) is 3.01. The third-order valence-corrected chi connectivity index (χ3v) is 4.86. The summed E-state index contributed by atoms with van der Waals surface area (Å²) in [6.07, 6.45) is 1.46. The maximum Gasteiger partial charge on any atom is 0.242 e. The van der Waals surface area contributed by atoms with Gasteiger partial charge in [-0.25, -0.2) is 13.1 Å². The van der Waals surface area contributed by atoms with Crippen LogP contribution in [0.25, 0.3) is 0 Å². The highest BCUT2D eigenvalue weighted by atomic mass is 35.5. The van der Waals surface area contributed by atoms with E-state index < -0.39 is 10.0 Å². The molecule has 0 spiro atoms. The minimum atomic E-state index is -3.67. The minimum absolute atomic E-state index is 0.0333. The molecule has 0 saturated carbocycles. The quantitative estimate of drug-likeness (QED) is 0.867. The zero-order valence-electron chi connectivity index (χ0n) is 9.55. The number of sulfonamides is 1. The Labute approximate surface area is 111 Å². The lowest BCUT2D eigenvalue weighted by atomic mass is 10.2.